The first-order valence-electron chi connectivity index (χ1n) is 10.1. The minimum absolute atomic E-state index is 0.0306. The molecule has 2 aromatic carbocycles. The van der Waals surface area contributed by atoms with E-state index < -0.39 is 17.6 Å². The Morgan fingerprint density at radius 1 is 1.03 bits per heavy atom. The summed E-state index contributed by atoms with van der Waals surface area (Å²) in [6, 6.07) is 12.9. The van der Waals surface area contributed by atoms with Crippen molar-refractivity contribution in [2.75, 3.05) is 7.11 Å². The minimum atomic E-state index is -1.12. The zero-order chi connectivity index (χ0) is 23.0. The number of esters is 1. The maximum atomic E-state index is 12.6. The van der Waals surface area contributed by atoms with Gasteiger partial charge in [0.05, 0.1) is 13.2 Å². The maximum Gasteiger partial charge on any atom is 0.349 e. The molecule has 7 heteroatoms. The number of rotatable bonds is 10. The van der Waals surface area contributed by atoms with Crippen LogP contribution in [0.1, 0.15) is 49.5 Å². The molecule has 2 aromatic rings. The molecule has 1 amide bonds. The van der Waals surface area contributed by atoms with Gasteiger partial charge in [-0.05, 0) is 68.7 Å². The third kappa shape index (κ3) is 7.10. The predicted molar refractivity (Wildman–Crippen MR) is 119 cm³/mol. The van der Waals surface area contributed by atoms with Gasteiger partial charge in [0, 0.05) is 17.0 Å². The number of carbonyl (C=O) groups excluding carboxylic acids is 3. The lowest BCUT2D eigenvalue weighted by Crippen LogP contribution is -2.42. The van der Waals surface area contributed by atoms with Crippen molar-refractivity contribution < 1.29 is 23.9 Å². The summed E-state index contributed by atoms with van der Waals surface area (Å²) in [5.74, 6) is -0.338. The largest absolute Gasteiger partial charge is 0.476 e. The van der Waals surface area contributed by atoms with E-state index >= 15 is 0 Å². The quantitative estimate of drug-likeness (QED) is 0.549. The van der Waals surface area contributed by atoms with Gasteiger partial charge in [-0.2, -0.15) is 0 Å². The summed E-state index contributed by atoms with van der Waals surface area (Å²) < 4.78 is 10.5. The number of hydrogen-bond donors (Lipinski definition) is 1. The Kier molecular flexibility index (Phi) is 8.63. The molecular weight excluding hydrogens is 418 g/mol. The molecular formula is C24H28ClNO5. The lowest BCUT2D eigenvalue weighted by molar-refractivity contribution is -0.156. The zero-order valence-corrected chi connectivity index (χ0v) is 19.0. The summed E-state index contributed by atoms with van der Waals surface area (Å²) in [4.78, 5) is 37.0. The van der Waals surface area contributed by atoms with E-state index in [0.717, 1.165) is 5.56 Å². The van der Waals surface area contributed by atoms with E-state index in [9.17, 15) is 14.4 Å². The smallest absolute Gasteiger partial charge is 0.349 e. The lowest BCUT2D eigenvalue weighted by Gasteiger charge is -2.23. The van der Waals surface area contributed by atoms with Crippen LogP contribution in [-0.2, 0) is 20.7 Å². The highest BCUT2D eigenvalue weighted by Gasteiger charge is 2.31. The Hall–Kier alpha value is -2.86. The van der Waals surface area contributed by atoms with Crippen molar-refractivity contribution in [2.24, 2.45) is 0 Å². The molecule has 0 saturated heterocycles. The van der Waals surface area contributed by atoms with E-state index in [2.05, 4.69) is 5.32 Å². The van der Waals surface area contributed by atoms with Crippen molar-refractivity contribution in [2.45, 2.75) is 51.7 Å². The van der Waals surface area contributed by atoms with E-state index in [1.165, 1.54) is 7.11 Å². The van der Waals surface area contributed by atoms with E-state index in [1.807, 2.05) is 19.1 Å². The zero-order valence-electron chi connectivity index (χ0n) is 18.2. The summed E-state index contributed by atoms with van der Waals surface area (Å²) in [6.45, 7) is 5.17. The van der Waals surface area contributed by atoms with Crippen molar-refractivity contribution in [3.63, 3.8) is 0 Å². The highest BCUT2D eigenvalue weighted by Crippen LogP contribution is 2.21. The fraction of sp³-hybridized carbons (Fsp3) is 0.375. The van der Waals surface area contributed by atoms with Crippen molar-refractivity contribution in [1.82, 2.24) is 5.32 Å². The van der Waals surface area contributed by atoms with E-state index in [0.29, 0.717) is 35.6 Å². The predicted octanol–water partition coefficient (Wildman–Crippen LogP) is 4.38. The number of Topliss-reactive ketones (excluding diaryl/α,β-unsaturated/α-hetero) is 1. The summed E-state index contributed by atoms with van der Waals surface area (Å²) in [5, 5.41) is 3.37. The molecule has 0 bridgehead atoms. The molecule has 2 rings (SSSR count). The van der Waals surface area contributed by atoms with Crippen LogP contribution in [0.5, 0.6) is 5.75 Å². The topological polar surface area (TPSA) is 81.7 Å². The highest BCUT2D eigenvalue weighted by atomic mass is 35.5. The normalized spacial score (nSPS) is 12.0. The molecule has 0 aromatic heterocycles. The third-order valence-electron chi connectivity index (χ3n) is 4.71. The number of methoxy groups -OCH3 is 1. The molecule has 0 unspecified atom stereocenters. The number of ketones is 1. The number of amides is 1. The van der Waals surface area contributed by atoms with Crippen molar-refractivity contribution in [3.8, 4) is 5.75 Å². The number of hydrogen-bond acceptors (Lipinski definition) is 5. The summed E-state index contributed by atoms with van der Waals surface area (Å²) >= 11 is 5.88. The van der Waals surface area contributed by atoms with E-state index in [1.54, 1.807) is 50.2 Å². The van der Waals surface area contributed by atoms with Crippen molar-refractivity contribution in [3.05, 3.63) is 64.7 Å². The second-order valence-corrected chi connectivity index (χ2v) is 8.14. The molecule has 166 valence electrons. The van der Waals surface area contributed by atoms with Crippen LogP contribution in [0.3, 0.4) is 0 Å². The van der Waals surface area contributed by atoms with Crippen LogP contribution < -0.4 is 10.1 Å². The molecule has 1 atom stereocenters. The minimum Gasteiger partial charge on any atom is -0.476 e. The molecule has 0 heterocycles. The van der Waals surface area contributed by atoms with Gasteiger partial charge < -0.3 is 14.8 Å². The fourth-order valence-corrected chi connectivity index (χ4v) is 3.15. The van der Waals surface area contributed by atoms with Crippen LogP contribution in [-0.4, -0.2) is 36.4 Å². The number of halogens is 1. The standard InChI is InChI=1S/C24H28ClNO5/c1-5-6-21(27)20(26-22(28)17-9-11-18(25)12-10-17)15-16-7-13-19(14-8-16)31-24(2,3)23(29)30-4/h7-14,20H,5-6,15H2,1-4H3,(H,26,28)/t20-/m0/s1. The number of carbonyl (C=O) groups is 3. The van der Waals surface area contributed by atoms with E-state index in [-0.39, 0.29) is 11.7 Å². The van der Waals surface area contributed by atoms with Crippen LogP contribution in [0.4, 0.5) is 0 Å². The number of benzene rings is 2. The molecule has 0 aliphatic rings. The molecule has 0 aliphatic heterocycles. The average molecular weight is 446 g/mol. The first kappa shape index (κ1) is 24.4. The molecule has 31 heavy (non-hydrogen) atoms. The maximum absolute atomic E-state index is 12.6. The molecule has 6 nitrogen and oxygen atoms in total. The fourth-order valence-electron chi connectivity index (χ4n) is 3.02. The van der Waals surface area contributed by atoms with Gasteiger partial charge in [0.15, 0.2) is 11.4 Å². The molecule has 0 spiro atoms. The Bertz CT molecular complexity index is 907. The van der Waals surface area contributed by atoms with Gasteiger partial charge in [-0.3, -0.25) is 9.59 Å². The van der Waals surface area contributed by atoms with Gasteiger partial charge in [-0.1, -0.05) is 30.7 Å². The SMILES string of the molecule is CCCC(=O)[C@H](Cc1ccc(OC(C)(C)C(=O)OC)cc1)NC(=O)c1ccc(Cl)cc1. The Morgan fingerprint density at radius 3 is 2.19 bits per heavy atom. The van der Waals surface area contributed by atoms with Crippen LogP contribution in [0.25, 0.3) is 0 Å². The van der Waals surface area contributed by atoms with Crippen molar-refractivity contribution in [1.29, 1.82) is 0 Å². The average Bonchev–Trinajstić information content (AvgIpc) is 2.74. The Balaban J connectivity index is 2.11. The monoisotopic (exact) mass is 445 g/mol. The van der Waals surface area contributed by atoms with Crippen LogP contribution >= 0.6 is 11.6 Å². The van der Waals surface area contributed by atoms with Gasteiger partial charge in [0.25, 0.3) is 5.91 Å². The van der Waals surface area contributed by atoms with Gasteiger partial charge in [-0.15, -0.1) is 0 Å². The molecule has 0 radical (unpaired) electrons. The van der Waals surface area contributed by atoms with Crippen LogP contribution in [0, 0.1) is 0 Å². The lowest BCUT2D eigenvalue weighted by atomic mass is 9.99. The first-order valence-corrected chi connectivity index (χ1v) is 10.5. The molecule has 0 fully saturated rings. The summed E-state index contributed by atoms with van der Waals surface area (Å²) in [7, 11) is 1.31. The summed E-state index contributed by atoms with van der Waals surface area (Å²) in [6.07, 6.45) is 1.42. The van der Waals surface area contributed by atoms with Gasteiger partial charge >= 0.3 is 5.97 Å². The summed E-state index contributed by atoms with van der Waals surface area (Å²) in [5.41, 5.74) is 0.171. The third-order valence-corrected chi connectivity index (χ3v) is 4.96. The molecule has 0 saturated carbocycles. The van der Waals surface area contributed by atoms with Crippen molar-refractivity contribution >= 4 is 29.3 Å². The van der Waals surface area contributed by atoms with Crippen LogP contribution in [0.15, 0.2) is 48.5 Å². The van der Waals surface area contributed by atoms with Crippen LogP contribution in [0.2, 0.25) is 5.02 Å². The van der Waals surface area contributed by atoms with Gasteiger partial charge in [0.2, 0.25) is 0 Å². The molecule has 1 N–H and O–H groups in total. The number of nitrogens with one attached hydrogen (secondary N) is 1. The second kappa shape index (κ2) is 11.0. The highest BCUT2D eigenvalue weighted by molar-refractivity contribution is 6.30. The molecule has 0 aliphatic carbocycles. The van der Waals surface area contributed by atoms with Gasteiger partial charge in [-0.25, -0.2) is 4.79 Å². The Labute approximate surface area is 187 Å². The first-order chi connectivity index (χ1) is 14.7. The Morgan fingerprint density at radius 2 is 1.65 bits per heavy atom. The second-order valence-electron chi connectivity index (χ2n) is 7.70. The number of ether oxygens (including phenoxy) is 2. The van der Waals surface area contributed by atoms with E-state index in [4.69, 9.17) is 21.1 Å². The van der Waals surface area contributed by atoms with Gasteiger partial charge in [0.1, 0.15) is 5.75 Å².